The number of fused-ring (bicyclic) bond motifs is 3. The van der Waals surface area contributed by atoms with Gasteiger partial charge in [0.2, 0.25) is 5.89 Å². The van der Waals surface area contributed by atoms with E-state index >= 15 is 0 Å². The maximum absolute atomic E-state index is 11.5. The van der Waals surface area contributed by atoms with Gasteiger partial charge >= 0.3 is 11.9 Å². The van der Waals surface area contributed by atoms with E-state index in [-0.39, 0.29) is 5.89 Å². The van der Waals surface area contributed by atoms with Gasteiger partial charge in [0.05, 0.1) is 5.41 Å². The summed E-state index contributed by atoms with van der Waals surface area (Å²) in [5.74, 6) is -0.440. The molecule has 1 aromatic heterocycles. The van der Waals surface area contributed by atoms with Gasteiger partial charge in [0, 0.05) is 19.1 Å². The van der Waals surface area contributed by atoms with Crippen LogP contribution in [0.15, 0.2) is 65.1 Å². The summed E-state index contributed by atoms with van der Waals surface area (Å²) in [7, 11) is 0. The second-order valence-corrected chi connectivity index (χ2v) is 8.77. The molecular formula is C25H27N3O3. The molecule has 2 aliphatic heterocycles. The van der Waals surface area contributed by atoms with E-state index in [1.807, 2.05) is 36.4 Å². The molecule has 3 aromatic rings. The van der Waals surface area contributed by atoms with Gasteiger partial charge in [0.1, 0.15) is 0 Å². The predicted molar refractivity (Wildman–Crippen MR) is 116 cm³/mol. The lowest BCUT2D eigenvalue weighted by molar-refractivity contribution is 0.0444. The molecule has 1 saturated carbocycles. The fourth-order valence-corrected chi connectivity index (χ4v) is 5.50. The van der Waals surface area contributed by atoms with Gasteiger partial charge in [-0.1, -0.05) is 60.7 Å². The van der Waals surface area contributed by atoms with Crippen molar-refractivity contribution in [3.63, 3.8) is 0 Å². The zero-order valence-electron chi connectivity index (χ0n) is 17.5. The van der Waals surface area contributed by atoms with Crippen molar-refractivity contribution in [3.05, 3.63) is 83.6 Å². The Morgan fingerprint density at radius 2 is 1.58 bits per heavy atom. The van der Waals surface area contributed by atoms with E-state index in [2.05, 4.69) is 39.4 Å². The number of hydrogen-bond donors (Lipinski definition) is 1. The molecule has 1 N–H and O–H groups in total. The van der Waals surface area contributed by atoms with Gasteiger partial charge in [-0.2, -0.15) is 0 Å². The number of benzene rings is 2. The van der Waals surface area contributed by atoms with Crippen molar-refractivity contribution in [2.75, 3.05) is 13.1 Å². The zero-order chi connectivity index (χ0) is 21.3. The highest BCUT2D eigenvalue weighted by Gasteiger charge is 2.43. The predicted octanol–water partition coefficient (Wildman–Crippen LogP) is 4.37. The van der Waals surface area contributed by atoms with Crippen LogP contribution in [0.25, 0.3) is 0 Å². The van der Waals surface area contributed by atoms with Gasteiger partial charge in [-0.3, -0.25) is 0 Å². The molecule has 6 nitrogen and oxygen atoms in total. The summed E-state index contributed by atoms with van der Waals surface area (Å²) in [6, 6.07) is 20.9. The maximum Gasteiger partial charge on any atom is 0.393 e. The molecule has 2 saturated heterocycles. The first kappa shape index (κ1) is 19.9. The van der Waals surface area contributed by atoms with Gasteiger partial charge in [-0.25, -0.2) is 4.79 Å². The van der Waals surface area contributed by atoms with Gasteiger partial charge in [-0.15, -0.1) is 10.2 Å². The summed E-state index contributed by atoms with van der Waals surface area (Å²) in [6.45, 7) is 2.05. The van der Waals surface area contributed by atoms with Crippen molar-refractivity contribution in [3.8, 4) is 0 Å². The van der Waals surface area contributed by atoms with E-state index < -0.39 is 11.4 Å². The summed E-state index contributed by atoms with van der Waals surface area (Å²) in [5, 5.41) is 17.5. The molecule has 1 aliphatic carbocycles. The number of carboxylic acid groups (broad SMARTS) is 1. The maximum atomic E-state index is 11.5. The van der Waals surface area contributed by atoms with E-state index in [0.717, 1.165) is 36.6 Å². The molecule has 0 atom stereocenters. The van der Waals surface area contributed by atoms with E-state index in [4.69, 9.17) is 4.42 Å². The van der Waals surface area contributed by atoms with Crippen LogP contribution in [-0.2, 0) is 5.41 Å². The van der Waals surface area contributed by atoms with Crippen molar-refractivity contribution in [1.29, 1.82) is 0 Å². The topological polar surface area (TPSA) is 79.5 Å². The minimum absolute atomic E-state index is 0.337. The third-order valence-electron chi connectivity index (χ3n) is 7.11. The largest absolute Gasteiger partial charge is 0.474 e. The average molecular weight is 418 g/mol. The summed E-state index contributed by atoms with van der Waals surface area (Å²) in [4.78, 5) is 14.1. The molecule has 31 heavy (non-hydrogen) atoms. The Hall–Kier alpha value is -2.99. The van der Waals surface area contributed by atoms with E-state index in [1.165, 1.54) is 25.7 Å². The van der Waals surface area contributed by atoms with Crippen LogP contribution in [0, 0.1) is 5.92 Å². The molecular weight excluding hydrogens is 390 g/mol. The van der Waals surface area contributed by atoms with Crippen molar-refractivity contribution in [2.45, 2.75) is 43.6 Å². The van der Waals surface area contributed by atoms with Crippen LogP contribution in [0.4, 0.5) is 0 Å². The number of aromatic nitrogens is 2. The normalized spacial score (nSPS) is 21.3. The van der Waals surface area contributed by atoms with E-state index in [9.17, 15) is 9.90 Å². The third kappa shape index (κ3) is 3.65. The van der Waals surface area contributed by atoms with Gasteiger partial charge in [0.15, 0.2) is 0 Å². The number of carbonyl (C=O) groups is 1. The molecule has 6 rings (SSSR count). The van der Waals surface area contributed by atoms with Crippen molar-refractivity contribution >= 4 is 5.97 Å². The Balaban J connectivity index is 1.60. The van der Waals surface area contributed by atoms with Crippen molar-refractivity contribution < 1.29 is 14.3 Å². The highest BCUT2D eigenvalue weighted by atomic mass is 16.4. The number of hydrogen-bond acceptors (Lipinski definition) is 5. The second kappa shape index (κ2) is 8.27. The lowest BCUT2D eigenvalue weighted by Crippen LogP contribution is -2.49. The van der Waals surface area contributed by atoms with Gasteiger partial charge < -0.3 is 14.4 Å². The summed E-state index contributed by atoms with van der Waals surface area (Å²) >= 11 is 0. The molecule has 2 aromatic carbocycles. The van der Waals surface area contributed by atoms with Gasteiger partial charge in [-0.05, 0) is 49.1 Å². The highest BCUT2D eigenvalue weighted by molar-refractivity contribution is 5.81. The summed E-state index contributed by atoms with van der Waals surface area (Å²) in [6.07, 6.45) is 5.98. The van der Waals surface area contributed by atoms with Crippen LogP contribution in [0.1, 0.15) is 59.8 Å². The molecule has 6 heteroatoms. The number of carboxylic acids is 1. The number of nitrogens with zero attached hydrogens (tertiary/aromatic N) is 3. The third-order valence-corrected chi connectivity index (χ3v) is 7.11. The highest BCUT2D eigenvalue weighted by Crippen LogP contribution is 2.43. The molecule has 3 fully saturated rings. The zero-order valence-corrected chi connectivity index (χ0v) is 17.5. The first-order chi connectivity index (χ1) is 15.2. The first-order valence-electron chi connectivity index (χ1n) is 11.1. The van der Waals surface area contributed by atoms with Crippen LogP contribution in [0.5, 0.6) is 0 Å². The Morgan fingerprint density at radius 1 is 0.968 bits per heavy atom. The van der Waals surface area contributed by atoms with Crippen LogP contribution < -0.4 is 0 Å². The number of piperidine rings is 2. The quantitative estimate of drug-likeness (QED) is 0.615. The first-order valence-corrected chi connectivity index (χ1v) is 11.1. The van der Waals surface area contributed by atoms with E-state index in [1.54, 1.807) is 0 Å². The van der Waals surface area contributed by atoms with Crippen LogP contribution >= 0.6 is 0 Å². The number of aromatic carboxylic acids is 1. The molecule has 160 valence electrons. The van der Waals surface area contributed by atoms with E-state index in [0.29, 0.717) is 11.9 Å². The van der Waals surface area contributed by atoms with Crippen LogP contribution in [0.3, 0.4) is 0 Å². The average Bonchev–Trinajstić information content (AvgIpc) is 3.33. The molecule has 0 unspecified atom stereocenters. The van der Waals surface area contributed by atoms with Crippen molar-refractivity contribution in [1.82, 2.24) is 15.1 Å². The molecule has 3 heterocycles. The Morgan fingerprint density at radius 3 is 2.06 bits per heavy atom. The molecule has 3 aliphatic rings. The molecule has 0 amide bonds. The lowest BCUT2D eigenvalue weighted by Gasteiger charge is -2.46. The summed E-state index contributed by atoms with van der Waals surface area (Å²) in [5.41, 5.74) is 1.35. The second-order valence-electron chi connectivity index (χ2n) is 8.77. The van der Waals surface area contributed by atoms with Gasteiger partial charge in [0.25, 0.3) is 0 Å². The van der Waals surface area contributed by atoms with Crippen LogP contribution in [-0.4, -0.2) is 45.3 Å². The number of rotatable bonds is 7. The standard InChI is InChI=1S/C25H27N3O3/c29-23(30)22-26-27-24(31-22)25(19-7-3-1-4-8-19,20-9-5-2-6-10-20)15-16-28-17-18-11-13-21(28)14-12-18/h1-10,18,21H,11-17H2,(H,29,30). The SMILES string of the molecule is O=C(O)c1nnc(C(CCN2CC3CCC2CC3)(c2ccccc2)c2ccccc2)o1. The molecule has 0 spiro atoms. The van der Waals surface area contributed by atoms with Crippen LogP contribution in [0.2, 0.25) is 0 Å². The fourth-order valence-electron chi connectivity index (χ4n) is 5.50. The Labute approximate surface area is 181 Å². The molecule has 0 radical (unpaired) electrons. The minimum atomic E-state index is -1.21. The van der Waals surface area contributed by atoms with Crippen molar-refractivity contribution in [2.24, 2.45) is 5.92 Å². The summed E-state index contributed by atoms with van der Waals surface area (Å²) < 4.78 is 5.78. The minimum Gasteiger partial charge on any atom is -0.474 e. The Bertz CT molecular complexity index is 987. The smallest absolute Gasteiger partial charge is 0.393 e. The fraction of sp³-hybridized carbons (Fsp3) is 0.400. The monoisotopic (exact) mass is 417 g/mol. The Kier molecular flexibility index (Phi) is 5.32. The lowest BCUT2D eigenvalue weighted by atomic mass is 9.71. The molecule has 2 bridgehead atoms.